The number of hydrogen-bond donors (Lipinski definition) is 0. The molecule has 1 aliphatic carbocycles. The molecule has 1 heterocycles. The first-order valence-electron chi connectivity index (χ1n) is 6.75. The maximum absolute atomic E-state index is 12.6. The molecule has 1 aliphatic heterocycles. The molecule has 3 heteroatoms. The highest BCUT2D eigenvalue weighted by molar-refractivity contribution is 9.10. The molecule has 3 rings (SSSR count). The first-order chi connectivity index (χ1) is 8.75. The molecule has 0 atom stereocenters. The van der Waals surface area contributed by atoms with Gasteiger partial charge in [0.25, 0.3) is 0 Å². The SMILES string of the molecule is O=C(c1cc(Br)cc2c1OCC2)C1CCCCC1. The fourth-order valence-electron chi connectivity index (χ4n) is 3.04. The van der Waals surface area contributed by atoms with Crippen molar-refractivity contribution in [3.63, 3.8) is 0 Å². The molecule has 1 aromatic rings. The molecule has 0 unspecified atom stereocenters. The van der Waals surface area contributed by atoms with Crippen LogP contribution in [0.3, 0.4) is 0 Å². The molecule has 96 valence electrons. The van der Waals surface area contributed by atoms with Crippen LogP contribution in [0.5, 0.6) is 5.75 Å². The standard InChI is InChI=1S/C15H17BrO2/c16-12-8-11-6-7-18-15(11)13(9-12)14(17)10-4-2-1-3-5-10/h8-10H,1-7H2. The van der Waals surface area contributed by atoms with Gasteiger partial charge >= 0.3 is 0 Å². The first-order valence-corrected chi connectivity index (χ1v) is 7.54. The number of hydrogen-bond acceptors (Lipinski definition) is 2. The molecule has 1 fully saturated rings. The fourth-order valence-corrected chi connectivity index (χ4v) is 3.54. The number of benzene rings is 1. The van der Waals surface area contributed by atoms with Crippen molar-refractivity contribution < 1.29 is 9.53 Å². The average Bonchev–Trinajstić information content (AvgIpc) is 2.86. The number of carbonyl (C=O) groups is 1. The minimum Gasteiger partial charge on any atom is -0.492 e. The summed E-state index contributed by atoms with van der Waals surface area (Å²) in [6.07, 6.45) is 6.65. The van der Waals surface area contributed by atoms with Crippen LogP contribution in [-0.4, -0.2) is 12.4 Å². The minimum absolute atomic E-state index is 0.210. The molecule has 0 bridgehead atoms. The van der Waals surface area contributed by atoms with Gasteiger partial charge in [-0.25, -0.2) is 0 Å². The predicted molar refractivity (Wildman–Crippen MR) is 74.2 cm³/mol. The van der Waals surface area contributed by atoms with E-state index in [1.807, 2.05) is 6.07 Å². The lowest BCUT2D eigenvalue weighted by molar-refractivity contribution is 0.0886. The number of ketones is 1. The van der Waals surface area contributed by atoms with E-state index in [9.17, 15) is 4.79 Å². The molecule has 0 N–H and O–H groups in total. The molecule has 1 saturated carbocycles. The van der Waals surface area contributed by atoms with Gasteiger partial charge in [0.2, 0.25) is 0 Å². The quantitative estimate of drug-likeness (QED) is 0.767. The summed E-state index contributed by atoms with van der Waals surface area (Å²) in [7, 11) is 0. The lowest BCUT2D eigenvalue weighted by atomic mass is 9.83. The molecule has 0 aromatic heterocycles. The summed E-state index contributed by atoms with van der Waals surface area (Å²) in [4.78, 5) is 12.6. The Morgan fingerprint density at radius 2 is 2.00 bits per heavy atom. The van der Waals surface area contributed by atoms with Crippen LogP contribution in [0.2, 0.25) is 0 Å². The number of ether oxygens (including phenoxy) is 1. The Morgan fingerprint density at radius 1 is 1.22 bits per heavy atom. The first kappa shape index (κ1) is 12.2. The normalized spacial score (nSPS) is 19.4. The lowest BCUT2D eigenvalue weighted by Crippen LogP contribution is -2.18. The number of halogens is 1. The minimum atomic E-state index is 0.210. The van der Waals surface area contributed by atoms with E-state index in [1.165, 1.54) is 24.8 Å². The summed E-state index contributed by atoms with van der Waals surface area (Å²) in [5, 5.41) is 0. The summed E-state index contributed by atoms with van der Waals surface area (Å²) < 4.78 is 6.65. The Hall–Kier alpha value is -0.830. The highest BCUT2D eigenvalue weighted by Crippen LogP contribution is 2.36. The summed E-state index contributed by atoms with van der Waals surface area (Å²) in [6, 6.07) is 4.00. The molecule has 2 nitrogen and oxygen atoms in total. The molecule has 0 saturated heterocycles. The summed E-state index contributed by atoms with van der Waals surface area (Å²) in [5.41, 5.74) is 1.97. The zero-order chi connectivity index (χ0) is 12.5. The van der Waals surface area contributed by atoms with Crippen molar-refractivity contribution in [3.05, 3.63) is 27.7 Å². The van der Waals surface area contributed by atoms with Crippen molar-refractivity contribution in [3.8, 4) is 5.75 Å². The van der Waals surface area contributed by atoms with Gasteiger partial charge in [0.15, 0.2) is 5.78 Å². The Morgan fingerprint density at radius 3 is 2.78 bits per heavy atom. The summed E-state index contributed by atoms with van der Waals surface area (Å²) in [5.74, 6) is 1.34. The third-order valence-electron chi connectivity index (χ3n) is 3.99. The van der Waals surface area contributed by atoms with Crippen molar-refractivity contribution in [1.82, 2.24) is 0 Å². The number of rotatable bonds is 2. The highest BCUT2D eigenvalue weighted by Gasteiger charge is 2.28. The van der Waals surface area contributed by atoms with Gasteiger partial charge in [-0.3, -0.25) is 4.79 Å². The van der Waals surface area contributed by atoms with Gasteiger partial charge in [0.05, 0.1) is 12.2 Å². The van der Waals surface area contributed by atoms with Crippen LogP contribution in [0.15, 0.2) is 16.6 Å². The second-order valence-corrected chi connectivity index (χ2v) is 6.15. The van der Waals surface area contributed by atoms with Gasteiger partial charge in [-0.05, 0) is 30.5 Å². The van der Waals surface area contributed by atoms with E-state index < -0.39 is 0 Å². The van der Waals surface area contributed by atoms with E-state index in [2.05, 4.69) is 22.0 Å². The van der Waals surface area contributed by atoms with Crippen LogP contribution in [0.1, 0.15) is 48.0 Å². The predicted octanol–water partition coefficient (Wildman–Crippen LogP) is 4.15. The zero-order valence-electron chi connectivity index (χ0n) is 10.4. The van der Waals surface area contributed by atoms with Gasteiger partial charge in [-0.1, -0.05) is 35.2 Å². The smallest absolute Gasteiger partial charge is 0.169 e. The number of fused-ring (bicyclic) bond motifs is 1. The average molecular weight is 309 g/mol. The van der Waals surface area contributed by atoms with Crippen LogP contribution in [0.25, 0.3) is 0 Å². The molecule has 0 spiro atoms. The molecule has 0 amide bonds. The van der Waals surface area contributed by atoms with Gasteiger partial charge < -0.3 is 4.74 Å². The van der Waals surface area contributed by atoms with Crippen molar-refractivity contribution >= 4 is 21.7 Å². The van der Waals surface area contributed by atoms with Gasteiger partial charge in [0.1, 0.15) is 5.75 Å². The molecule has 2 aliphatic rings. The Bertz CT molecular complexity index is 476. The van der Waals surface area contributed by atoms with E-state index in [1.54, 1.807) is 0 Å². The summed E-state index contributed by atoms with van der Waals surface area (Å²) >= 11 is 3.50. The molecule has 0 radical (unpaired) electrons. The Balaban J connectivity index is 1.93. The molecular weight excluding hydrogens is 292 g/mol. The van der Waals surface area contributed by atoms with Gasteiger partial charge in [-0.15, -0.1) is 0 Å². The monoisotopic (exact) mass is 308 g/mol. The molecule has 18 heavy (non-hydrogen) atoms. The van der Waals surface area contributed by atoms with E-state index in [-0.39, 0.29) is 11.7 Å². The number of Topliss-reactive ketones (excluding diaryl/α,β-unsaturated/α-hetero) is 1. The Kier molecular flexibility index (Phi) is 3.42. The second kappa shape index (κ2) is 5.04. The molecule has 1 aromatic carbocycles. The second-order valence-electron chi connectivity index (χ2n) is 5.24. The molecular formula is C15H17BrO2. The largest absolute Gasteiger partial charge is 0.492 e. The van der Waals surface area contributed by atoms with Crippen LogP contribution < -0.4 is 4.74 Å². The van der Waals surface area contributed by atoms with Crippen molar-refractivity contribution in [2.24, 2.45) is 5.92 Å². The Labute approximate surface area is 116 Å². The van der Waals surface area contributed by atoms with E-state index in [0.29, 0.717) is 6.61 Å². The van der Waals surface area contributed by atoms with E-state index in [0.717, 1.165) is 35.0 Å². The number of carbonyl (C=O) groups excluding carboxylic acids is 1. The van der Waals surface area contributed by atoms with Crippen LogP contribution in [0.4, 0.5) is 0 Å². The third kappa shape index (κ3) is 2.20. The zero-order valence-corrected chi connectivity index (χ0v) is 12.0. The van der Waals surface area contributed by atoms with Crippen molar-refractivity contribution in [2.45, 2.75) is 38.5 Å². The van der Waals surface area contributed by atoms with Crippen LogP contribution in [0, 0.1) is 5.92 Å². The van der Waals surface area contributed by atoms with E-state index >= 15 is 0 Å². The highest BCUT2D eigenvalue weighted by atomic mass is 79.9. The van der Waals surface area contributed by atoms with Crippen molar-refractivity contribution in [1.29, 1.82) is 0 Å². The fraction of sp³-hybridized carbons (Fsp3) is 0.533. The topological polar surface area (TPSA) is 26.3 Å². The third-order valence-corrected chi connectivity index (χ3v) is 4.45. The van der Waals surface area contributed by atoms with Crippen molar-refractivity contribution in [2.75, 3.05) is 6.61 Å². The van der Waals surface area contributed by atoms with E-state index in [4.69, 9.17) is 4.74 Å². The lowest BCUT2D eigenvalue weighted by Gasteiger charge is -2.21. The van der Waals surface area contributed by atoms with Crippen LogP contribution >= 0.6 is 15.9 Å². The van der Waals surface area contributed by atoms with Gasteiger partial charge in [0, 0.05) is 16.8 Å². The summed E-state index contributed by atoms with van der Waals surface area (Å²) in [6.45, 7) is 0.705. The maximum atomic E-state index is 12.6. The van der Waals surface area contributed by atoms with Gasteiger partial charge in [-0.2, -0.15) is 0 Å². The van der Waals surface area contributed by atoms with Crippen LogP contribution in [-0.2, 0) is 6.42 Å². The maximum Gasteiger partial charge on any atom is 0.169 e.